The van der Waals surface area contributed by atoms with E-state index in [1.165, 1.54) is 9.42 Å². The van der Waals surface area contributed by atoms with Crippen molar-refractivity contribution in [2.75, 3.05) is 18.0 Å². The Morgan fingerprint density at radius 2 is 2.05 bits per heavy atom. The molecule has 0 bridgehead atoms. The zero-order valence-electron chi connectivity index (χ0n) is 10.6. The highest BCUT2D eigenvalue weighted by Crippen LogP contribution is 2.38. The van der Waals surface area contributed by atoms with Gasteiger partial charge in [-0.25, -0.2) is 0 Å². The molecule has 1 aliphatic heterocycles. The predicted molar refractivity (Wildman–Crippen MR) is 63.4 cm³/mol. The number of aromatic nitrogens is 4. The van der Waals surface area contributed by atoms with Crippen LogP contribution in [-0.2, 0) is 0 Å². The van der Waals surface area contributed by atoms with E-state index in [1.807, 2.05) is 0 Å². The van der Waals surface area contributed by atoms with Crippen molar-refractivity contribution < 1.29 is 18.3 Å². The van der Waals surface area contributed by atoms with E-state index in [0.717, 1.165) is 0 Å². The van der Waals surface area contributed by atoms with Crippen LogP contribution in [0.25, 0.3) is 5.65 Å². The van der Waals surface area contributed by atoms with Crippen LogP contribution in [0.2, 0.25) is 0 Å². The standard InChI is InChI=1S/C11H12F3N5O/c1-7-15-16-8-2-3-9(17-19(7)8)18-5-4-10(20,6-18)11(12,13)14/h2-3,20H,4-6H2,1H3. The molecule has 2 aromatic heterocycles. The quantitative estimate of drug-likeness (QED) is 0.845. The maximum atomic E-state index is 12.8. The van der Waals surface area contributed by atoms with E-state index >= 15 is 0 Å². The van der Waals surface area contributed by atoms with Crippen molar-refractivity contribution in [2.24, 2.45) is 0 Å². The van der Waals surface area contributed by atoms with Crippen LogP contribution in [0.3, 0.4) is 0 Å². The van der Waals surface area contributed by atoms with Crippen LogP contribution in [0.4, 0.5) is 19.0 Å². The van der Waals surface area contributed by atoms with Crippen LogP contribution in [-0.4, -0.2) is 49.8 Å². The molecule has 9 heteroatoms. The molecule has 3 heterocycles. The topological polar surface area (TPSA) is 66.5 Å². The second-order valence-corrected chi connectivity index (χ2v) is 4.91. The number of rotatable bonds is 1. The average Bonchev–Trinajstić information content (AvgIpc) is 2.94. The van der Waals surface area contributed by atoms with Gasteiger partial charge in [0.2, 0.25) is 0 Å². The molecule has 0 radical (unpaired) electrons. The van der Waals surface area contributed by atoms with Gasteiger partial charge in [0.25, 0.3) is 0 Å². The number of β-amino-alcohol motifs (C(OH)–C–C–N with tert-alkyl or cyclic N) is 1. The SMILES string of the molecule is Cc1nnc2ccc(N3CCC(O)(C(F)(F)F)C3)nn12. The molecule has 1 unspecified atom stereocenters. The van der Waals surface area contributed by atoms with Gasteiger partial charge in [0.15, 0.2) is 17.1 Å². The number of alkyl halides is 3. The molecule has 0 aliphatic carbocycles. The van der Waals surface area contributed by atoms with Crippen molar-refractivity contribution in [1.82, 2.24) is 19.8 Å². The molecule has 3 rings (SSSR count). The lowest BCUT2D eigenvalue weighted by molar-refractivity contribution is -0.250. The van der Waals surface area contributed by atoms with E-state index in [4.69, 9.17) is 0 Å². The first kappa shape index (κ1) is 13.1. The zero-order chi connectivity index (χ0) is 14.5. The summed E-state index contributed by atoms with van der Waals surface area (Å²) in [5.74, 6) is 0.910. The zero-order valence-corrected chi connectivity index (χ0v) is 10.6. The Kier molecular flexibility index (Phi) is 2.65. The maximum Gasteiger partial charge on any atom is 0.418 e. The fourth-order valence-corrected chi connectivity index (χ4v) is 2.28. The summed E-state index contributed by atoms with van der Waals surface area (Å²) in [7, 11) is 0. The highest BCUT2D eigenvalue weighted by atomic mass is 19.4. The van der Waals surface area contributed by atoms with E-state index in [1.54, 1.807) is 19.1 Å². The summed E-state index contributed by atoms with van der Waals surface area (Å²) in [6.45, 7) is 1.28. The van der Waals surface area contributed by atoms with Gasteiger partial charge in [-0.3, -0.25) is 0 Å². The van der Waals surface area contributed by atoms with Gasteiger partial charge < -0.3 is 10.0 Å². The summed E-state index contributed by atoms with van der Waals surface area (Å²) in [6, 6.07) is 3.21. The smallest absolute Gasteiger partial charge is 0.379 e. The largest absolute Gasteiger partial charge is 0.418 e. The second kappa shape index (κ2) is 4.05. The Morgan fingerprint density at radius 1 is 1.30 bits per heavy atom. The van der Waals surface area contributed by atoms with Crippen molar-refractivity contribution in [3.63, 3.8) is 0 Å². The molecule has 0 amide bonds. The van der Waals surface area contributed by atoms with Crippen LogP contribution in [0.15, 0.2) is 12.1 Å². The number of hydrogen-bond donors (Lipinski definition) is 1. The molecular weight excluding hydrogens is 275 g/mol. The summed E-state index contributed by atoms with van der Waals surface area (Å²) in [5, 5.41) is 21.6. The Balaban J connectivity index is 1.91. The van der Waals surface area contributed by atoms with Crippen molar-refractivity contribution >= 4 is 11.5 Å². The number of halogens is 3. The number of nitrogens with zero attached hydrogens (tertiary/aromatic N) is 5. The molecule has 1 aliphatic rings. The molecule has 1 atom stereocenters. The second-order valence-electron chi connectivity index (χ2n) is 4.91. The molecule has 6 nitrogen and oxygen atoms in total. The highest BCUT2D eigenvalue weighted by Gasteiger charge is 2.57. The first-order valence-electron chi connectivity index (χ1n) is 6.03. The van der Waals surface area contributed by atoms with E-state index in [-0.39, 0.29) is 13.0 Å². The third-order valence-electron chi connectivity index (χ3n) is 3.50. The van der Waals surface area contributed by atoms with Crippen LogP contribution in [0.1, 0.15) is 12.2 Å². The number of aryl methyl sites for hydroxylation is 1. The van der Waals surface area contributed by atoms with E-state index in [9.17, 15) is 18.3 Å². The van der Waals surface area contributed by atoms with E-state index < -0.39 is 18.3 Å². The summed E-state index contributed by atoms with van der Waals surface area (Å²) in [5.41, 5.74) is -2.15. The van der Waals surface area contributed by atoms with E-state index in [2.05, 4.69) is 15.3 Å². The van der Waals surface area contributed by atoms with E-state index in [0.29, 0.717) is 17.3 Å². The Labute approximate surface area is 111 Å². The monoisotopic (exact) mass is 287 g/mol. The lowest BCUT2D eigenvalue weighted by Gasteiger charge is -2.26. The fraction of sp³-hybridized carbons (Fsp3) is 0.545. The molecular formula is C11H12F3N5O. The average molecular weight is 287 g/mol. The maximum absolute atomic E-state index is 12.8. The van der Waals surface area contributed by atoms with Crippen LogP contribution in [0.5, 0.6) is 0 Å². The van der Waals surface area contributed by atoms with Crippen LogP contribution in [0, 0.1) is 6.92 Å². The molecule has 0 saturated carbocycles. The van der Waals surface area contributed by atoms with Gasteiger partial charge in [0.05, 0.1) is 6.54 Å². The molecule has 108 valence electrons. The van der Waals surface area contributed by atoms with Crippen molar-refractivity contribution in [2.45, 2.75) is 25.1 Å². The summed E-state index contributed by atoms with van der Waals surface area (Å²) in [6.07, 6.45) is -5.00. The molecule has 0 spiro atoms. The van der Waals surface area contributed by atoms with Gasteiger partial charge in [-0.2, -0.15) is 17.7 Å². The third kappa shape index (κ3) is 1.89. The summed E-state index contributed by atoms with van der Waals surface area (Å²) < 4.78 is 39.8. The minimum absolute atomic E-state index is 0.0929. The van der Waals surface area contributed by atoms with Gasteiger partial charge in [0.1, 0.15) is 5.82 Å². The minimum Gasteiger partial charge on any atom is -0.379 e. The van der Waals surface area contributed by atoms with Gasteiger partial charge in [-0.1, -0.05) is 0 Å². The van der Waals surface area contributed by atoms with Crippen molar-refractivity contribution in [3.05, 3.63) is 18.0 Å². The van der Waals surface area contributed by atoms with Gasteiger partial charge >= 0.3 is 6.18 Å². The lowest BCUT2D eigenvalue weighted by Crippen LogP contribution is -2.47. The Hall–Kier alpha value is -1.90. The minimum atomic E-state index is -4.64. The number of aliphatic hydroxyl groups is 1. The predicted octanol–water partition coefficient (Wildman–Crippen LogP) is 0.936. The summed E-state index contributed by atoms with van der Waals surface area (Å²) in [4.78, 5) is 1.41. The Morgan fingerprint density at radius 3 is 2.70 bits per heavy atom. The van der Waals surface area contributed by atoms with Gasteiger partial charge in [-0.15, -0.1) is 15.3 Å². The molecule has 1 saturated heterocycles. The molecule has 0 aromatic carbocycles. The molecule has 1 fully saturated rings. The van der Waals surface area contributed by atoms with Crippen molar-refractivity contribution in [3.8, 4) is 0 Å². The lowest BCUT2D eigenvalue weighted by atomic mass is 10.0. The number of hydrogen-bond acceptors (Lipinski definition) is 5. The highest BCUT2D eigenvalue weighted by molar-refractivity contribution is 5.47. The molecule has 2 aromatic rings. The third-order valence-corrected chi connectivity index (χ3v) is 3.50. The normalized spacial score (nSPS) is 23.8. The van der Waals surface area contributed by atoms with Crippen LogP contribution < -0.4 is 4.90 Å². The van der Waals surface area contributed by atoms with Crippen molar-refractivity contribution in [1.29, 1.82) is 0 Å². The number of anilines is 1. The number of fused-ring (bicyclic) bond motifs is 1. The first-order valence-corrected chi connectivity index (χ1v) is 6.03. The summed E-state index contributed by atoms with van der Waals surface area (Å²) >= 11 is 0. The fourth-order valence-electron chi connectivity index (χ4n) is 2.28. The Bertz CT molecular complexity index is 655. The van der Waals surface area contributed by atoms with Gasteiger partial charge in [-0.05, 0) is 19.1 Å². The first-order chi connectivity index (χ1) is 9.30. The molecule has 1 N–H and O–H groups in total. The molecule has 20 heavy (non-hydrogen) atoms. The van der Waals surface area contributed by atoms with Gasteiger partial charge in [0, 0.05) is 13.0 Å². The van der Waals surface area contributed by atoms with Crippen LogP contribution >= 0.6 is 0 Å².